The number of rotatable bonds is 5. The maximum atomic E-state index is 12.0. The molecule has 0 unspecified atom stereocenters. The molecular formula is C14H19NO4. The Bertz CT molecular complexity index is 430. The molecule has 1 amide bonds. The summed E-state index contributed by atoms with van der Waals surface area (Å²) in [5.74, 6) is -0.840. The maximum absolute atomic E-state index is 12.0. The minimum atomic E-state index is -0.830. The number of amides is 1. The van der Waals surface area contributed by atoms with E-state index in [9.17, 15) is 9.59 Å². The van der Waals surface area contributed by atoms with Gasteiger partial charge in [0.25, 0.3) is 5.91 Å². The maximum Gasteiger partial charge on any atom is 0.340 e. The van der Waals surface area contributed by atoms with Gasteiger partial charge >= 0.3 is 5.97 Å². The van der Waals surface area contributed by atoms with Gasteiger partial charge in [0.2, 0.25) is 0 Å². The summed E-state index contributed by atoms with van der Waals surface area (Å²) < 4.78 is 10.3. The van der Waals surface area contributed by atoms with Crippen molar-refractivity contribution in [3.05, 3.63) is 35.9 Å². The standard InChI is InChI=1S/C14H19NO4/c1-10(13(16)15(2)3)19-14(17)12(18-4)11-8-6-5-7-9-11/h5-10,12H,1-4H3/t10-,12-/m0/s1. The number of methoxy groups -OCH3 is 1. The molecule has 0 N–H and O–H groups in total. The van der Waals surface area contributed by atoms with Gasteiger partial charge in [0.05, 0.1) is 0 Å². The fraction of sp³-hybridized carbons (Fsp3) is 0.429. The molecule has 0 saturated carbocycles. The topological polar surface area (TPSA) is 55.8 Å². The van der Waals surface area contributed by atoms with E-state index in [1.165, 1.54) is 18.9 Å². The Labute approximate surface area is 113 Å². The van der Waals surface area contributed by atoms with Gasteiger partial charge in [-0.3, -0.25) is 4.79 Å². The van der Waals surface area contributed by atoms with Crippen molar-refractivity contribution in [1.82, 2.24) is 4.90 Å². The van der Waals surface area contributed by atoms with Gasteiger partial charge in [-0.05, 0) is 12.5 Å². The predicted molar refractivity (Wildman–Crippen MR) is 70.4 cm³/mol. The van der Waals surface area contributed by atoms with E-state index < -0.39 is 18.2 Å². The van der Waals surface area contributed by atoms with E-state index in [4.69, 9.17) is 9.47 Å². The number of nitrogens with zero attached hydrogens (tertiary/aromatic N) is 1. The molecule has 19 heavy (non-hydrogen) atoms. The zero-order valence-corrected chi connectivity index (χ0v) is 11.6. The SMILES string of the molecule is CO[C@H](C(=O)O[C@@H](C)C(=O)N(C)C)c1ccccc1. The quantitative estimate of drug-likeness (QED) is 0.755. The van der Waals surface area contributed by atoms with Crippen molar-refractivity contribution in [3.63, 3.8) is 0 Å². The summed E-state index contributed by atoms with van der Waals surface area (Å²) in [6.07, 6.45) is -1.65. The third-order valence-corrected chi connectivity index (χ3v) is 2.63. The zero-order chi connectivity index (χ0) is 14.4. The molecule has 5 heteroatoms. The van der Waals surface area contributed by atoms with Crippen LogP contribution in [0.4, 0.5) is 0 Å². The van der Waals surface area contributed by atoms with Gasteiger partial charge in [-0.1, -0.05) is 30.3 Å². The highest BCUT2D eigenvalue weighted by Crippen LogP contribution is 2.18. The minimum Gasteiger partial charge on any atom is -0.450 e. The second-order valence-electron chi connectivity index (χ2n) is 4.34. The van der Waals surface area contributed by atoms with Crippen LogP contribution in [0.25, 0.3) is 0 Å². The van der Waals surface area contributed by atoms with E-state index in [0.29, 0.717) is 5.56 Å². The Morgan fingerprint density at radius 1 is 1.16 bits per heavy atom. The lowest BCUT2D eigenvalue weighted by Gasteiger charge is -2.20. The highest BCUT2D eigenvalue weighted by molar-refractivity contribution is 5.84. The first-order valence-corrected chi connectivity index (χ1v) is 5.96. The molecule has 0 heterocycles. The molecule has 2 atom stereocenters. The van der Waals surface area contributed by atoms with Crippen LogP contribution < -0.4 is 0 Å². The number of likely N-dealkylation sites (N-methyl/N-ethyl adjacent to an activating group) is 1. The largest absolute Gasteiger partial charge is 0.450 e. The number of carbonyl (C=O) groups is 2. The Morgan fingerprint density at radius 3 is 2.21 bits per heavy atom. The molecule has 1 rings (SSSR count). The molecule has 0 saturated heterocycles. The lowest BCUT2D eigenvalue weighted by Crippen LogP contribution is -2.36. The summed E-state index contributed by atoms with van der Waals surface area (Å²) in [5.41, 5.74) is 0.694. The minimum absolute atomic E-state index is 0.267. The molecule has 1 aromatic carbocycles. The number of benzene rings is 1. The molecule has 5 nitrogen and oxygen atoms in total. The van der Waals surface area contributed by atoms with Gasteiger partial charge in [-0.2, -0.15) is 0 Å². The van der Waals surface area contributed by atoms with E-state index >= 15 is 0 Å². The average molecular weight is 265 g/mol. The summed E-state index contributed by atoms with van der Waals surface area (Å²) in [6.45, 7) is 1.54. The van der Waals surface area contributed by atoms with Crippen molar-refractivity contribution in [3.8, 4) is 0 Å². The third kappa shape index (κ3) is 4.06. The fourth-order valence-electron chi connectivity index (χ4n) is 1.65. The summed E-state index contributed by atoms with van der Waals surface area (Å²) in [5, 5.41) is 0. The molecule has 1 aromatic rings. The van der Waals surface area contributed by atoms with Gasteiger partial charge < -0.3 is 14.4 Å². The van der Waals surface area contributed by atoms with Crippen molar-refractivity contribution < 1.29 is 19.1 Å². The van der Waals surface area contributed by atoms with Crippen molar-refractivity contribution in [2.75, 3.05) is 21.2 Å². The molecule has 0 aliphatic rings. The van der Waals surface area contributed by atoms with Gasteiger partial charge in [0.1, 0.15) is 0 Å². The van der Waals surface area contributed by atoms with Crippen molar-refractivity contribution in [2.24, 2.45) is 0 Å². The molecule has 0 bridgehead atoms. The van der Waals surface area contributed by atoms with Crippen LogP contribution >= 0.6 is 0 Å². The fourth-order valence-corrected chi connectivity index (χ4v) is 1.65. The first kappa shape index (κ1) is 15.2. The van der Waals surface area contributed by atoms with Gasteiger partial charge in [-0.15, -0.1) is 0 Å². The number of esters is 1. The summed E-state index contributed by atoms with van der Waals surface area (Å²) >= 11 is 0. The molecule has 0 radical (unpaired) electrons. The van der Waals surface area contributed by atoms with Crippen LogP contribution in [0, 0.1) is 0 Å². The summed E-state index contributed by atoms with van der Waals surface area (Å²) in [6, 6.07) is 9.01. The summed E-state index contributed by atoms with van der Waals surface area (Å²) in [4.78, 5) is 25.0. The third-order valence-electron chi connectivity index (χ3n) is 2.63. The van der Waals surface area contributed by atoms with Crippen molar-refractivity contribution in [1.29, 1.82) is 0 Å². The lowest BCUT2D eigenvalue weighted by molar-refractivity contribution is -0.167. The van der Waals surface area contributed by atoms with Gasteiger partial charge in [-0.25, -0.2) is 4.79 Å². The second kappa shape index (κ2) is 6.89. The monoisotopic (exact) mass is 265 g/mol. The molecule has 0 aromatic heterocycles. The number of hydrogen-bond donors (Lipinski definition) is 0. The van der Waals surface area contributed by atoms with E-state index in [2.05, 4.69) is 0 Å². The van der Waals surface area contributed by atoms with Crippen LogP contribution in [0.3, 0.4) is 0 Å². The van der Waals surface area contributed by atoms with Crippen LogP contribution in [0.1, 0.15) is 18.6 Å². The Hall–Kier alpha value is -1.88. The Kier molecular flexibility index (Phi) is 5.51. The van der Waals surface area contributed by atoms with Gasteiger partial charge in [0.15, 0.2) is 12.2 Å². The molecule has 0 fully saturated rings. The molecule has 0 aliphatic carbocycles. The number of hydrogen-bond acceptors (Lipinski definition) is 4. The van der Waals surface area contributed by atoms with Crippen LogP contribution in [0.2, 0.25) is 0 Å². The predicted octanol–water partition coefficient (Wildman–Crippen LogP) is 1.39. The first-order valence-electron chi connectivity index (χ1n) is 5.96. The van der Waals surface area contributed by atoms with Gasteiger partial charge in [0, 0.05) is 21.2 Å². The number of ether oxygens (including phenoxy) is 2. The molecule has 104 valence electrons. The van der Waals surface area contributed by atoms with Crippen LogP contribution in [0.5, 0.6) is 0 Å². The first-order chi connectivity index (χ1) is 8.97. The summed E-state index contributed by atoms with van der Waals surface area (Å²) in [7, 11) is 4.65. The van der Waals surface area contributed by atoms with E-state index in [-0.39, 0.29) is 5.91 Å². The highest BCUT2D eigenvalue weighted by Gasteiger charge is 2.26. The highest BCUT2D eigenvalue weighted by atomic mass is 16.6. The molecule has 0 spiro atoms. The normalized spacial score (nSPS) is 13.5. The van der Waals surface area contributed by atoms with E-state index in [1.54, 1.807) is 26.2 Å². The number of carbonyl (C=O) groups excluding carboxylic acids is 2. The van der Waals surface area contributed by atoms with Crippen molar-refractivity contribution >= 4 is 11.9 Å². The van der Waals surface area contributed by atoms with Crippen LogP contribution in [-0.2, 0) is 19.1 Å². The van der Waals surface area contributed by atoms with E-state index in [1.807, 2.05) is 18.2 Å². The molecule has 0 aliphatic heterocycles. The lowest BCUT2D eigenvalue weighted by atomic mass is 10.1. The Balaban J connectivity index is 2.73. The smallest absolute Gasteiger partial charge is 0.340 e. The van der Waals surface area contributed by atoms with Crippen LogP contribution in [0.15, 0.2) is 30.3 Å². The second-order valence-corrected chi connectivity index (χ2v) is 4.34. The van der Waals surface area contributed by atoms with Crippen LogP contribution in [-0.4, -0.2) is 44.1 Å². The zero-order valence-electron chi connectivity index (χ0n) is 11.6. The molecular weight excluding hydrogens is 246 g/mol. The van der Waals surface area contributed by atoms with E-state index in [0.717, 1.165) is 0 Å². The van der Waals surface area contributed by atoms with Crippen molar-refractivity contribution in [2.45, 2.75) is 19.1 Å². The Morgan fingerprint density at radius 2 is 1.74 bits per heavy atom. The average Bonchev–Trinajstić information content (AvgIpc) is 2.39.